The van der Waals surface area contributed by atoms with E-state index in [4.69, 9.17) is 23.2 Å². The van der Waals surface area contributed by atoms with Crippen molar-refractivity contribution in [2.24, 2.45) is 5.92 Å². The van der Waals surface area contributed by atoms with E-state index >= 15 is 0 Å². The van der Waals surface area contributed by atoms with Crippen LogP contribution in [0.25, 0.3) is 0 Å². The highest BCUT2D eigenvalue weighted by molar-refractivity contribution is 6.42. The zero-order valence-electron chi connectivity index (χ0n) is 10.2. The molecular formula is C14H19Cl2N. The molecule has 3 heteroatoms. The van der Waals surface area contributed by atoms with Gasteiger partial charge in [0.25, 0.3) is 0 Å². The molecule has 17 heavy (non-hydrogen) atoms. The summed E-state index contributed by atoms with van der Waals surface area (Å²) in [7, 11) is 0. The van der Waals surface area contributed by atoms with Crippen molar-refractivity contribution in [2.45, 2.75) is 38.6 Å². The molecule has 1 aromatic rings. The van der Waals surface area contributed by atoms with Crippen molar-refractivity contribution in [1.82, 2.24) is 5.32 Å². The lowest BCUT2D eigenvalue weighted by molar-refractivity contribution is 0.406. The first kappa shape index (κ1) is 13.2. The molecule has 0 heterocycles. The van der Waals surface area contributed by atoms with Crippen LogP contribution >= 0.6 is 23.2 Å². The fourth-order valence-corrected chi connectivity index (χ4v) is 3.10. The van der Waals surface area contributed by atoms with Crippen LogP contribution in [0.3, 0.4) is 0 Å². The van der Waals surface area contributed by atoms with Crippen molar-refractivity contribution in [3.8, 4) is 0 Å². The average Bonchev–Trinajstić information content (AvgIpc) is 2.72. The van der Waals surface area contributed by atoms with E-state index in [9.17, 15) is 0 Å². The smallest absolute Gasteiger partial charge is 0.0595 e. The summed E-state index contributed by atoms with van der Waals surface area (Å²) in [6.07, 6.45) is 5.07. The molecule has 1 aliphatic carbocycles. The van der Waals surface area contributed by atoms with E-state index in [0.29, 0.717) is 16.1 Å². The lowest BCUT2D eigenvalue weighted by atomic mass is 9.94. The van der Waals surface area contributed by atoms with E-state index in [1.165, 1.54) is 24.8 Å². The number of nitrogens with one attached hydrogen (secondary N) is 1. The summed E-state index contributed by atoms with van der Waals surface area (Å²) in [4.78, 5) is 0. The molecule has 0 amide bonds. The third-order valence-electron chi connectivity index (χ3n) is 3.61. The van der Waals surface area contributed by atoms with Crippen LogP contribution in [0.2, 0.25) is 10.0 Å². The highest BCUT2D eigenvalue weighted by Crippen LogP contribution is 2.30. The predicted octanol–water partition coefficient (Wildman–Crippen LogP) is 4.31. The Bertz CT molecular complexity index is 378. The predicted molar refractivity (Wildman–Crippen MR) is 75.0 cm³/mol. The maximum absolute atomic E-state index is 6.05. The monoisotopic (exact) mass is 271 g/mol. The van der Waals surface area contributed by atoms with E-state index in [0.717, 1.165) is 18.9 Å². The van der Waals surface area contributed by atoms with Crippen molar-refractivity contribution in [2.75, 3.05) is 6.54 Å². The maximum Gasteiger partial charge on any atom is 0.0595 e. The number of hydrogen-bond donors (Lipinski definition) is 1. The first-order valence-electron chi connectivity index (χ1n) is 6.38. The first-order chi connectivity index (χ1) is 8.20. The molecule has 0 aromatic heterocycles. The number of hydrogen-bond acceptors (Lipinski definition) is 1. The quantitative estimate of drug-likeness (QED) is 0.861. The van der Waals surface area contributed by atoms with Crippen molar-refractivity contribution >= 4 is 23.2 Å². The van der Waals surface area contributed by atoms with E-state index in [-0.39, 0.29) is 0 Å². The van der Waals surface area contributed by atoms with Crippen LogP contribution in [0.15, 0.2) is 18.2 Å². The van der Waals surface area contributed by atoms with Gasteiger partial charge in [-0.2, -0.15) is 0 Å². The van der Waals surface area contributed by atoms with Crippen LogP contribution in [-0.4, -0.2) is 12.6 Å². The van der Waals surface area contributed by atoms with Crippen LogP contribution in [0.4, 0.5) is 0 Å². The van der Waals surface area contributed by atoms with Crippen LogP contribution in [0, 0.1) is 5.92 Å². The minimum Gasteiger partial charge on any atom is -0.314 e. The molecule has 2 unspecified atom stereocenters. The summed E-state index contributed by atoms with van der Waals surface area (Å²) in [5.74, 6) is 0.743. The van der Waals surface area contributed by atoms with Crippen LogP contribution in [-0.2, 0) is 6.42 Å². The lowest BCUT2D eigenvalue weighted by Crippen LogP contribution is -2.33. The summed E-state index contributed by atoms with van der Waals surface area (Å²) in [5, 5.41) is 4.89. The minimum absolute atomic E-state index is 0.644. The molecule has 2 atom stereocenters. The fraction of sp³-hybridized carbons (Fsp3) is 0.571. The topological polar surface area (TPSA) is 12.0 Å². The largest absolute Gasteiger partial charge is 0.314 e. The third-order valence-corrected chi connectivity index (χ3v) is 4.35. The Labute approximate surface area is 114 Å². The third kappa shape index (κ3) is 3.37. The standard InChI is InChI=1S/C14H19Cl2N/c1-2-17-14-5-3-4-11(14)8-10-6-7-12(15)13(16)9-10/h6-7,9,11,14,17H,2-5,8H2,1H3. The molecule has 1 saturated carbocycles. The number of rotatable bonds is 4. The number of halogens is 2. The van der Waals surface area contributed by atoms with Gasteiger partial charge in [0.05, 0.1) is 10.0 Å². The Morgan fingerprint density at radius 2 is 2.06 bits per heavy atom. The molecule has 1 aromatic carbocycles. The summed E-state index contributed by atoms with van der Waals surface area (Å²) in [5.41, 5.74) is 1.30. The van der Waals surface area contributed by atoms with Crippen molar-refractivity contribution in [3.05, 3.63) is 33.8 Å². The van der Waals surface area contributed by atoms with Gasteiger partial charge in [-0.05, 0) is 49.4 Å². The van der Waals surface area contributed by atoms with Crippen LogP contribution in [0.5, 0.6) is 0 Å². The lowest BCUT2D eigenvalue weighted by Gasteiger charge is -2.20. The van der Waals surface area contributed by atoms with Crippen LogP contribution in [0.1, 0.15) is 31.7 Å². The van der Waals surface area contributed by atoms with Gasteiger partial charge in [0.2, 0.25) is 0 Å². The van der Waals surface area contributed by atoms with Crippen LogP contribution < -0.4 is 5.32 Å². The fourth-order valence-electron chi connectivity index (χ4n) is 2.78. The van der Waals surface area contributed by atoms with E-state index in [2.05, 4.69) is 18.3 Å². The Morgan fingerprint density at radius 3 is 2.76 bits per heavy atom. The Balaban J connectivity index is 2.02. The van der Waals surface area contributed by atoms with E-state index in [1.807, 2.05) is 12.1 Å². The van der Waals surface area contributed by atoms with Gasteiger partial charge in [0.1, 0.15) is 0 Å². The molecular weight excluding hydrogens is 253 g/mol. The van der Waals surface area contributed by atoms with Gasteiger partial charge in [-0.3, -0.25) is 0 Å². The second-order valence-electron chi connectivity index (χ2n) is 4.81. The second kappa shape index (κ2) is 6.08. The SMILES string of the molecule is CCNC1CCCC1Cc1ccc(Cl)c(Cl)c1. The molecule has 0 bridgehead atoms. The first-order valence-corrected chi connectivity index (χ1v) is 7.13. The summed E-state index contributed by atoms with van der Waals surface area (Å²) in [6.45, 7) is 3.23. The molecule has 0 spiro atoms. The molecule has 1 nitrogen and oxygen atoms in total. The molecule has 2 rings (SSSR count). The second-order valence-corrected chi connectivity index (χ2v) is 5.62. The molecule has 0 radical (unpaired) electrons. The van der Waals surface area contributed by atoms with Gasteiger partial charge in [-0.25, -0.2) is 0 Å². The minimum atomic E-state index is 0.644. The zero-order chi connectivity index (χ0) is 12.3. The Kier molecular flexibility index (Phi) is 4.72. The molecule has 1 N–H and O–H groups in total. The van der Waals surface area contributed by atoms with Crippen molar-refractivity contribution in [3.63, 3.8) is 0 Å². The number of benzene rings is 1. The average molecular weight is 272 g/mol. The molecule has 94 valence electrons. The normalized spacial score (nSPS) is 24.2. The summed E-state index contributed by atoms with van der Waals surface area (Å²) >= 11 is 12.0. The highest BCUT2D eigenvalue weighted by Gasteiger charge is 2.26. The highest BCUT2D eigenvalue weighted by atomic mass is 35.5. The molecule has 1 fully saturated rings. The maximum atomic E-state index is 6.05. The summed E-state index contributed by atoms with van der Waals surface area (Å²) in [6, 6.07) is 6.67. The van der Waals surface area contributed by atoms with Gasteiger partial charge < -0.3 is 5.32 Å². The Morgan fingerprint density at radius 1 is 1.24 bits per heavy atom. The molecule has 0 aliphatic heterocycles. The zero-order valence-corrected chi connectivity index (χ0v) is 11.7. The van der Waals surface area contributed by atoms with E-state index in [1.54, 1.807) is 0 Å². The Hall–Kier alpha value is -0.240. The van der Waals surface area contributed by atoms with Gasteiger partial charge >= 0.3 is 0 Å². The van der Waals surface area contributed by atoms with Gasteiger partial charge in [0.15, 0.2) is 0 Å². The van der Waals surface area contributed by atoms with Gasteiger partial charge in [-0.15, -0.1) is 0 Å². The van der Waals surface area contributed by atoms with Gasteiger partial charge in [0, 0.05) is 6.04 Å². The van der Waals surface area contributed by atoms with E-state index < -0.39 is 0 Å². The molecule has 0 saturated heterocycles. The summed E-state index contributed by atoms with van der Waals surface area (Å²) < 4.78 is 0. The van der Waals surface area contributed by atoms with Crippen molar-refractivity contribution in [1.29, 1.82) is 0 Å². The van der Waals surface area contributed by atoms with Crippen molar-refractivity contribution < 1.29 is 0 Å². The molecule has 1 aliphatic rings. The van der Waals surface area contributed by atoms with Gasteiger partial charge in [-0.1, -0.05) is 42.6 Å².